The smallest absolute Gasteiger partial charge is 0.191 e. The SMILES string of the molecule is CCNC(=NCC(CC(C)C)N1CCOCC1)NCCS(=O)c1ccccc1.I. The van der Waals surface area contributed by atoms with Gasteiger partial charge in [0.25, 0.3) is 0 Å². The number of hydrogen-bond acceptors (Lipinski definition) is 4. The molecule has 29 heavy (non-hydrogen) atoms. The fourth-order valence-corrected chi connectivity index (χ4v) is 4.30. The number of nitrogens with zero attached hydrogens (tertiary/aromatic N) is 2. The Hall–Kier alpha value is -0.710. The highest BCUT2D eigenvalue weighted by atomic mass is 127. The summed E-state index contributed by atoms with van der Waals surface area (Å²) in [5.74, 6) is 1.99. The van der Waals surface area contributed by atoms with E-state index in [1.165, 1.54) is 0 Å². The van der Waals surface area contributed by atoms with Crippen LogP contribution in [0.5, 0.6) is 0 Å². The van der Waals surface area contributed by atoms with E-state index in [1.807, 2.05) is 30.3 Å². The van der Waals surface area contributed by atoms with Crippen LogP contribution in [0.3, 0.4) is 0 Å². The molecule has 0 aliphatic carbocycles. The third kappa shape index (κ3) is 10.2. The summed E-state index contributed by atoms with van der Waals surface area (Å²) in [5, 5.41) is 6.64. The molecular formula is C21H37IN4O2S. The molecule has 2 atom stereocenters. The lowest BCUT2D eigenvalue weighted by molar-refractivity contribution is 0.0143. The predicted octanol–water partition coefficient (Wildman–Crippen LogP) is 2.71. The van der Waals surface area contributed by atoms with Gasteiger partial charge in [0.05, 0.1) is 30.6 Å². The lowest BCUT2D eigenvalue weighted by atomic mass is 10.0. The number of nitrogens with one attached hydrogen (secondary N) is 2. The Bertz CT molecular complexity index is 610. The number of ether oxygens (including phenoxy) is 1. The van der Waals surface area contributed by atoms with Gasteiger partial charge in [0.1, 0.15) is 0 Å². The molecule has 1 fully saturated rings. The number of guanidine groups is 1. The molecule has 0 radical (unpaired) electrons. The number of rotatable bonds is 10. The molecule has 166 valence electrons. The summed E-state index contributed by atoms with van der Waals surface area (Å²) >= 11 is 0. The normalized spacial score (nSPS) is 17.4. The maximum Gasteiger partial charge on any atom is 0.191 e. The molecule has 1 aliphatic heterocycles. The molecule has 1 aromatic rings. The molecule has 0 saturated carbocycles. The van der Waals surface area contributed by atoms with E-state index in [4.69, 9.17) is 9.73 Å². The van der Waals surface area contributed by atoms with Gasteiger partial charge < -0.3 is 15.4 Å². The Kier molecular flexibility index (Phi) is 13.7. The Morgan fingerprint density at radius 1 is 1.21 bits per heavy atom. The topological polar surface area (TPSA) is 66.0 Å². The van der Waals surface area contributed by atoms with Gasteiger partial charge in [-0.05, 0) is 31.4 Å². The van der Waals surface area contributed by atoms with Gasteiger partial charge in [-0.1, -0.05) is 32.0 Å². The van der Waals surface area contributed by atoms with Crippen molar-refractivity contribution in [2.75, 3.05) is 51.7 Å². The van der Waals surface area contributed by atoms with Gasteiger partial charge in [-0.15, -0.1) is 24.0 Å². The molecule has 1 heterocycles. The molecule has 6 nitrogen and oxygen atoms in total. The van der Waals surface area contributed by atoms with Crippen LogP contribution in [0.2, 0.25) is 0 Å². The maximum absolute atomic E-state index is 12.4. The molecule has 1 aliphatic rings. The zero-order valence-corrected chi connectivity index (χ0v) is 21.1. The van der Waals surface area contributed by atoms with Gasteiger partial charge in [0.15, 0.2) is 5.96 Å². The highest BCUT2D eigenvalue weighted by Crippen LogP contribution is 2.14. The molecule has 0 spiro atoms. The van der Waals surface area contributed by atoms with Crippen molar-refractivity contribution < 1.29 is 8.95 Å². The fourth-order valence-electron chi connectivity index (χ4n) is 3.32. The van der Waals surface area contributed by atoms with Crippen molar-refractivity contribution in [1.82, 2.24) is 15.5 Å². The van der Waals surface area contributed by atoms with Gasteiger partial charge in [-0.3, -0.25) is 14.1 Å². The Labute approximate surface area is 195 Å². The van der Waals surface area contributed by atoms with Crippen LogP contribution in [0.4, 0.5) is 0 Å². The highest BCUT2D eigenvalue weighted by Gasteiger charge is 2.21. The molecule has 2 unspecified atom stereocenters. The molecule has 0 amide bonds. The summed E-state index contributed by atoms with van der Waals surface area (Å²) in [5.41, 5.74) is 0. The van der Waals surface area contributed by atoms with Gasteiger partial charge in [0, 0.05) is 42.9 Å². The Balaban J connectivity index is 0.00000420. The van der Waals surface area contributed by atoms with E-state index in [2.05, 4.69) is 36.3 Å². The molecule has 2 N–H and O–H groups in total. The number of hydrogen-bond donors (Lipinski definition) is 2. The minimum absolute atomic E-state index is 0. The monoisotopic (exact) mass is 536 g/mol. The summed E-state index contributed by atoms with van der Waals surface area (Å²) in [7, 11) is -0.996. The first-order chi connectivity index (χ1) is 13.6. The van der Waals surface area contributed by atoms with E-state index < -0.39 is 10.8 Å². The summed E-state index contributed by atoms with van der Waals surface area (Å²) in [6, 6.07) is 10.0. The van der Waals surface area contributed by atoms with Crippen molar-refractivity contribution in [3.05, 3.63) is 30.3 Å². The van der Waals surface area contributed by atoms with Gasteiger partial charge >= 0.3 is 0 Å². The van der Waals surface area contributed by atoms with Crippen LogP contribution >= 0.6 is 24.0 Å². The molecule has 8 heteroatoms. The van der Waals surface area contributed by atoms with E-state index in [9.17, 15) is 4.21 Å². The highest BCUT2D eigenvalue weighted by molar-refractivity contribution is 14.0. The van der Waals surface area contributed by atoms with Crippen molar-refractivity contribution in [2.45, 2.75) is 38.1 Å². The van der Waals surface area contributed by atoms with Gasteiger partial charge in [-0.25, -0.2) is 0 Å². The quantitative estimate of drug-likeness (QED) is 0.274. The lowest BCUT2D eigenvalue weighted by Gasteiger charge is -2.34. The lowest BCUT2D eigenvalue weighted by Crippen LogP contribution is -2.46. The fraction of sp³-hybridized carbons (Fsp3) is 0.667. The molecular weight excluding hydrogens is 499 g/mol. The van der Waals surface area contributed by atoms with Gasteiger partial charge in [0.2, 0.25) is 0 Å². The first kappa shape index (κ1) is 26.3. The second-order valence-electron chi connectivity index (χ2n) is 7.44. The van der Waals surface area contributed by atoms with Crippen molar-refractivity contribution in [1.29, 1.82) is 0 Å². The standard InChI is InChI=1S/C21H36N4O2S.HI/c1-4-22-21(23-10-15-28(26)20-8-6-5-7-9-20)24-17-19(16-18(2)3)25-11-13-27-14-12-25;/h5-9,18-19H,4,10-17H2,1-3H3,(H2,22,23,24);1H. The molecule has 2 rings (SSSR count). The van der Waals surface area contributed by atoms with Crippen LogP contribution in [-0.4, -0.2) is 72.8 Å². The number of morpholine rings is 1. The van der Waals surface area contributed by atoms with Crippen molar-refractivity contribution in [2.24, 2.45) is 10.9 Å². The summed E-state index contributed by atoms with van der Waals surface area (Å²) in [6.45, 7) is 12.4. The average molecular weight is 537 g/mol. The van der Waals surface area contributed by atoms with E-state index in [-0.39, 0.29) is 24.0 Å². The van der Waals surface area contributed by atoms with Gasteiger partial charge in [-0.2, -0.15) is 0 Å². The Morgan fingerprint density at radius 2 is 1.90 bits per heavy atom. The zero-order valence-electron chi connectivity index (χ0n) is 17.9. The number of halogens is 1. The van der Waals surface area contributed by atoms with Crippen LogP contribution in [-0.2, 0) is 15.5 Å². The van der Waals surface area contributed by atoms with E-state index in [0.29, 0.717) is 24.3 Å². The second-order valence-corrected chi connectivity index (χ2v) is 9.01. The zero-order chi connectivity index (χ0) is 20.2. The third-order valence-corrected chi connectivity index (χ3v) is 6.07. The van der Waals surface area contributed by atoms with Crippen molar-refractivity contribution >= 4 is 40.7 Å². The van der Waals surface area contributed by atoms with E-state index in [1.54, 1.807) is 0 Å². The van der Waals surface area contributed by atoms with Crippen LogP contribution in [0, 0.1) is 5.92 Å². The third-order valence-electron chi connectivity index (χ3n) is 4.70. The summed E-state index contributed by atoms with van der Waals surface area (Å²) < 4.78 is 17.9. The van der Waals surface area contributed by atoms with E-state index in [0.717, 1.165) is 56.7 Å². The first-order valence-electron chi connectivity index (χ1n) is 10.4. The van der Waals surface area contributed by atoms with Crippen LogP contribution in [0.15, 0.2) is 40.2 Å². The molecule has 1 saturated heterocycles. The van der Waals surface area contributed by atoms with Crippen molar-refractivity contribution in [3.63, 3.8) is 0 Å². The molecule has 0 bridgehead atoms. The largest absolute Gasteiger partial charge is 0.379 e. The van der Waals surface area contributed by atoms with E-state index >= 15 is 0 Å². The molecule has 1 aromatic carbocycles. The number of benzene rings is 1. The minimum atomic E-state index is -0.996. The van der Waals surface area contributed by atoms with Crippen molar-refractivity contribution in [3.8, 4) is 0 Å². The second kappa shape index (κ2) is 15.1. The summed E-state index contributed by atoms with van der Waals surface area (Å²) in [4.78, 5) is 8.20. The molecule has 0 aromatic heterocycles. The Morgan fingerprint density at radius 3 is 2.52 bits per heavy atom. The summed E-state index contributed by atoms with van der Waals surface area (Å²) in [6.07, 6.45) is 1.13. The van der Waals surface area contributed by atoms with Crippen LogP contribution < -0.4 is 10.6 Å². The predicted molar refractivity (Wildman–Crippen MR) is 133 cm³/mol. The maximum atomic E-state index is 12.4. The minimum Gasteiger partial charge on any atom is -0.379 e. The average Bonchev–Trinajstić information content (AvgIpc) is 2.71. The van der Waals surface area contributed by atoms with Crippen LogP contribution in [0.1, 0.15) is 27.2 Å². The van der Waals surface area contributed by atoms with Crippen LogP contribution in [0.25, 0.3) is 0 Å². The first-order valence-corrected chi connectivity index (χ1v) is 11.7. The number of aliphatic imine (C=N–C) groups is 1.